The molecule has 2 aromatic heterocycles. The number of H-pyrrole nitrogens is 1. The Labute approximate surface area is 183 Å². The Hall–Kier alpha value is -2.64. The molecule has 4 rings (SSSR count). The second kappa shape index (κ2) is 8.62. The summed E-state index contributed by atoms with van der Waals surface area (Å²) >= 11 is 0. The molecule has 1 saturated heterocycles. The molecule has 3 aromatic rings. The standard InChI is InChI=1S/C22H28N6O.ClH/c1-14-18(9-10-28(4)22(14,2)3)25-21-8-7-19(26-27-21)17-6-5-15(11-20(17)29)16-12-23-24-13-16;/h5-8,11-14,18,29H,9-10H2,1-4H3,(H,23,24)(H,25,27);1H. The average molecular weight is 429 g/mol. The van der Waals surface area contributed by atoms with Gasteiger partial charge in [-0.25, -0.2) is 0 Å². The van der Waals surface area contributed by atoms with Gasteiger partial charge in [-0.1, -0.05) is 13.0 Å². The SMILES string of the molecule is CC1C(Nc2ccc(-c3ccc(-c4cn[nH]c4)cc3O)nn2)CCN(C)C1(C)C.Cl. The summed E-state index contributed by atoms with van der Waals surface area (Å²) in [5, 5.41) is 29.5. The smallest absolute Gasteiger partial charge is 0.148 e. The van der Waals surface area contributed by atoms with Gasteiger partial charge in [0.05, 0.1) is 11.9 Å². The number of halogens is 1. The maximum Gasteiger partial charge on any atom is 0.148 e. The van der Waals surface area contributed by atoms with Gasteiger partial charge in [0, 0.05) is 35.4 Å². The Balaban J connectivity index is 0.00000256. The summed E-state index contributed by atoms with van der Waals surface area (Å²) < 4.78 is 0. The summed E-state index contributed by atoms with van der Waals surface area (Å²) in [7, 11) is 2.19. The largest absolute Gasteiger partial charge is 0.507 e. The van der Waals surface area contributed by atoms with Gasteiger partial charge in [-0.2, -0.15) is 5.10 Å². The first kappa shape index (κ1) is 22.1. The number of hydrogen-bond donors (Lipinski definition) is 3. The third-order valence-corrected chi connectivity index (χ3v) is 6.58. The van der Waals surface area contributed by atoms with Crippen LogP contribution in [0.2, 0.25) is 0 Å². The van der Waals surface area contributed by atoms with E-state index < -0.39 is 0 Å². The number of aromatic hydroxyl groups is 1. The lowest BCUT2D eigenvalue weighted by atomic mass is 9.77. The quantitative estimate of drug-likeness (QED) is 0.577. The van der Waals surface area contributed by atoms with E-state index in [2.05, 4.69) is 58.4 Å². The zero-order valence-corrected chi connectivity index (χ0v) is 18.6. The Bertz CT molecular complexity index is 974. The van der Waals surface area contributed by atoms with E-state index in [9.17, 15) is 5.11 Å². The van der Waals surface area contributed by atoms with Gasteiger partial charge in [-0.3, -0.25) is 5.10 Å². The molecule has 7 nitrogen and oxygen atoms in total. The molecule has 0 saturated carbocycles. The monoisotopic (exact) mass is 428 g/mol. The number of nitrogens with one attached hydrogen (secondary N) is 2. The Morgan fingerprint density at radius 3 is 2.60 bits per heavy atom. The fraction of sp³-hybridized carbons (Fsp3) is 0.409. The van der Waals surface area contributed by atoms with Gasteiger partial charge in [0.15, 0.2) is 0 Å². The number of benzene rings is 1. The van der Waals surface area contributed by atoms with Crippen LogP contribution in [-0.2, 0) is 0 Å². The second-order valence-corrected chi connectivity index (χ2v) is 8.43. The molecular formula is C22H29ClN6O. The summed E-state index contributed by atoms with van der Waals surface area (Å²) in [5.74, 6) is 1.41. The van der Waals surface area contributed by atoms with Crippen LogP contribution in [0, 0.1) is 5.92 Å². The molecule has 2 unspecified atom stereocenters. The molecule has 1 aromatic carbocycles. The van der Waals surface area contributed by atoms with Gasteiger partial charge in [0.2, 0.25) is 0 Å². The van der Waals surface area contributed by atoms with Crippen molar-refractivity contribution in [1.29, 1.82) is 0 Å². The molecule has 0 bridgehead atoms. The molecule has 3 heterocycles. The number of phenols is 1. The highest BCUT2D eigenvalue weighted by Gasteiger charge is 2.39. The number of aromatic nitrogens is 4. The lowest BCUT2D eigenvalue weighted by molar-refractivity contribution is 0.0458. The van der Waals surface area contributed by atoms with Gasteiger partial charge in [-0.05, 0) is 63.1 Å². The van der Waals surface area contributed by atoms with E-state index >= 15 is 0 Å². The molecule has 0 radical (unpaired) electrons. The van der Waals surface area contributed by atoms with E-state index in [1.807, 2.05) is 24.3 Å². The second-order valence-electron chi connectivity index (χ2n) is 8.43. The van der Waals surface area contributed by atoms with Crippen molar-refractivity contribution in [3.05, 3.63) is 42.7 Å². The van der Waals surface area contributed by atoms with Crippen molar-refractivity contribution in [2.24, 2.45) is 5.92 Å². The number of piperidine rings is 1. The summed E-state index contributed by atoms with van der Waals surface area (Å²) in [5.41, 5.74) is 3.25. The molecule has 2 atom stereocenters. The molecule has 1 aliphatic rings. The molecule has 0 amide bonds. The molecule has 1 fully saturated rings. The van der Waals surface area contributed by atoms with Gasteiger partial charge in [0.1, 0.15) is 11.6 Å². The third kappa shape index (κ3) is 4.13. The van der Waals surface area contributed by atoms with Crippen LogP contribution in [0.25, 0.3) is 22.4 Å². The minimum Gasteiger partial charge on any atom is -0.507 e. The Morgan fingerprint density at radius 2 is 1.97 bits per heavy atom. The molecule has 30 heavy (non-hydrogen) atoms. The van der Waals surface area contributed by atoms with Crippen LogP contribution in [-0.4, -0.2) is 55.6 Å². The number of rotatable bonds is 4. The summed E-state index contributed by atoms with van der Waals surface area (Å²) in [6.07, 6.45) is 4.58. The highest BCUT2D eigenvalue weighted by atomic mass is 35.5. The van der Waals surface area contributed by atoms with Crippen LogP contribution >= 0.6 is 12.4 Å². The average Bonchev–Trinajstić information content (AvgIpc) is 3.24. The van der Waals surface area contributed by atoms with Crippen molar-refractivity contribution >= 4 is 18.2 Å². The van der Waals surface area contributed by atoms with Crippen LogP contribution in [0.4, 0.5) is 5.82 Å². The van der Waals surface area contributed by atoms with Gasteiger partial charge >= 0.3 is 0 Å². The van der Waals surface area contributed by atoms with E-state index in [0.717, 1.165) is 29.9 Å². The fourth-order valence-electron chi connectivity index (χ4n) is 3.99. The van der Waals surface area contributed by atoms with Crippen molar-refractivity contribution in [2.45, 2.75) is 38.8 Å². The molecule has 8 heteroatoms. The normalized spacial score (nSPS) is 21.1. The zero-order valence-electron chi connectivity index (χ0n) is 17.8. The van der Waals surface area contributed by atoms with E-state index in [4.69, 9.17) is 0 Å². The number of anilines is 1. The summed E-state index contributed by atoms with van der Waals surface area (Å²) in [6, 6.07) is 9.70. The van der Waals surface area contributed by atoms with Crippen molar-refractivity contribution < 1.29 is 5.11 Å². The molecule has 1 aliphatic heterocycles. The third-order valence-electron chi connectivity index (χ3n) is 6.58. The first-order valence-corrected chi connectivity index (χ1v) is 10.0. The molecule has 0 aliphatic carbocycles. The van der Waals surface area contributed by atoms with Crippen LogP contribution in [0.3, 0.4) is 0 Å². The maximum atomic E-state index is 10.5. The highest BCUT2D eigenvalue weighted by molar-refractivity contribution is 5.85. The summed E-state index contributed by atoms with van der Waals surface area (Å²) in [4.78, 5) is 2.42. The fourth-order valence-corrected chi connectivity index (χ4v) is 3.99. The van der Waals surface area contributed by atoms with Crippen LogP contribution in [0.1, 0.15) is 27.2 Å². The van der Waals surface area contributed by atoms with E-state index in [1.54, 1.807) is 18.5 Å². The van der Waals surface area contributed by atoms with Crippen LogP contribution in [0.5, 0.6) is 5.75 Å². The van der Waals surface area contributed by atoms with Crippen molar-refractivity contribution in [1.82, 2.24) is 25.3 Å². The zero-order chi connectivity index (χ0) is 20.6. The van der Waals surface area contributed by atoms with E-state index in [0.29, 0.717) is 23.2 Å². The predicted octanol–water partition coefficient (Wildman–Crippen LogP) is 4.19. The number of phenolic OH excluding ortho intramolecular Hbond substituents is 1. The first-order chi connectivity index (χ1) is 13.9. The number of likely N-dealkylation sites (tertiary alicyclic amines) is 1. The molecule has 160 valence electrons. The van der Waals surface area contributed by atoms with E-state index in [-0.39, 0.29) is 23.7 Å². The van der Waals surface area contributed by atoms with Crippen LogP contribution in [0.15, 0.2) is 42.7 Å². The lowest BCUT2D eigenvalue weighted by Crippen LogP contribution is -2.57. The van der Waals surface area contributed by atoms with Gasteiger partial charge in [-0.15, -0.1) is 22.6 Å². The number of hydrogen-bond acceptors (Lipinski definition) is 6. The Morgan fingerprint density at radius 1 is 1.17 bits per heavy atom. The minimum absolute atomic E-state index is 0. The van der Waals surface area contributed by atoms with Crippen molar-refractivity contribution in [3.8, 4) is 28.1 Å². The first-order valence-electron chi connectivity index (χ1n) is 10.0. The topological polar surface area (TPSA) is 90.0 Å². The molecule has 0 spiro atoms. The lowest BCUT2D eigenvalue weighted by Gasteiger charge is -2.49. The predicted molar refractivity (Wildman–Crippen MR) is 122 cm³/mol. The maximum absolute atomic E-state index is 10.5. The van der Waals surface area contributed by atoms with Crippen molar-refractivity contribution in [2.75, 3.05) is 18.9 Å². The minimum atomic E-state index is 0. The number of aromatic amines is 1. The van der Waals surface area contributed by atoms with Crippen molar-refractivity contribution in [3.63, 3.8) is 0 Å². The van der Waals surface area contributed by atoms with Crippen LogP contribution < -0.4 is 5.32 Å². The molecule has 3 N–H and O–H groups in total. The Kier molecular flexibility index (Phi) is 6.33. The van der Waals surface area contributed by atoms with E-state index in [1.165, 1.54) is 0 Å². The van der Waals surface area contributed by atoms with Gasteiger partial charge < -0.3 is 15.3 Å². The molecular weight excluding hydrogens is 400 g/mol. The number of nitrogens with zero attached hydrogens (tertiary/aromatic N) is 4. The highest BCUT2D eigenvalue weighted by Crippen LogP contribution is 2.34. The summed E-state index contributed by atoms with van der Waals surface area (Å²) in [6.45, 7) is 7.92. The van der Waals surface area contributed by atoms with Gasteiger partial charge in [0.25, 0.3) is 0 Å².